The molecule has 0 aliphatic carbocycles. The van der Waals surface area contributed by atoms with Crippen LogP contribution >= 0.6 is 0 Å². The highest BCUT2D eigenvalue weighted by molar-refractivity contribution is 5.87. The zero-order chi connectivity index (χ0) is 24.1. The maximum atomic E-state index is 13.4. The molecule has 1 saturated heterocycles. The first-order chi connectivity index (χ1) is 15.8. The second-order valence-electron chi connectivity index (χ2n) is 10.1. The summed E-state index contributed by atoms with van der Waals surface area (Å²) in [5.41, 5.74) is 0.157. The lowest BCUT2D eigenvalue weighted by Gasteiger charge is -2.36. The van der Waals surface area contributed by atoms with E-state index in [1.54, 1.807) is 0 Å². The van der Waals surface area contributed by atoms with Gasteiger partial charge in [-0.1, -0.05) is 82.2 Å². The number of piperazine rings is 1. The molecule has 6 heteroatoms. The van der Waals surface area contributed by atoms with Crippen molar-refractivity contribution >= 4 is 12.0 Å². The molecule has 0 bridgehead atoms. The van der Waals surface area contributed by atoms with Crippen LogP contribution in [0.1, 0.15) is 90.7 Å². The van der Waals surface area contributed by atoms with Gasteiger partial charge in [0.25, 0.3) is 0 Å². The fraction of sp³-hybridized carbons (Fsp3) is 0.704. The Morgan fingerprint density at radius 3 is 2.06 bits per heavy atom. The highest BCUT2D eigenvalue weighted by Gasteiger charge is 2.31. The Bertz CT molecular complexity index is 694. The molecule has 1 aliphatic rings. The van der Waals surface area contributed by atoms with Gasteiger partial charge in [0.15, 0.2) is 0 Å². The number of benzene rings is 1. The number of unbranched alkanes of at least 4 members (excludes halogenated alkanes) is 7. The van der Waals surface area contributed by atoms with E-state index in [0.717, 1.165) is 25.2 Å². The topological polar surface area (TPSA) is 61.9 Å². The van der Waals surface area contributed by atoms with Crippen LogP contribution in [0.25, 0.3) is 0 Å². The monoisotopic (exact) mass is 459 g/mol. The largest absolute Gasteiger partial charge is 0.444 e. The summed E-state index contributed by atoms with van der Waals surface area (Å²) in [4.78, 5) is 30.1. The molecule has 0 saturated carbocycles. The first-order valence-electron chi connectivity index (χ1n) is 12.9. The molecule has 1 atom stereocenters. The summed E-state index contributed by atoms with van der Waals surface area (Å²) < 4.78 is 5.41. The Kier molecular flexibility index (Phi) is 11.7. The standard InChI is InChI=1S/C27H45N3O3/c1-5-6-7-8-9-10-11-15-18-29-19-21-30(22-20-29)25(31)24(23-16-13-12-14-17-23)28-26(32)33-27(2,3)4/h12-14,16-17,24H,5-11,15,18-22H2,1-4H3,(H,28,32). The third-order valence-corrected chi connectivity index (χ3v) is 6.05. The van der Waals surface area contributed by atoms with Gasteiger partial charge in [-0.3, -0.25) is 9.69 Å². The van der Waals surface area contributed by atoms with Crippen LogP contribution in [0.15, 0.2) is 30.3 Å². The summed E-state index contributed by atoms with van der Waals surface area (Å²) >= 11 is 0. The van der Waals surface area contributed by atoms with Crippen LogP contribution < -0.4 is 5.32 Å². The molecule has 1 unspecified atom stereocenters. The average molecular weight is 460 g/mol. The molecule has 0 radical (unpaired) electrons. The first-order valence-corrected chi connectivity index (χ1v) is 12.9. The third kappa shape index (κ3) is 10.6. The third-order valence-electron chi connectivity index (χ3n) is 6.05. The van der Waals surface area contributed by atoms with E-state index in [1.165, 1.54) is 51.4 Å². The normalized spacial score (nSPS) is 15.8. The number of rotatable bonds is 12. The molecule has 1 N–H and O–H groups in total. The Hall–Kier alpha value is -2.08. The summed E-state index contributed by atoms with van der Waals surface area (Å²) in [6.07, 6.45) is 10.0. The number of amides is 2. The van der Waals surface area contributed by atoms with E-state index in [-0.39, 0.29) is 5.91 Å². The fourth-order valence-corrected chi connectivity index (χ4v) is 4.20. The minimum atomic E-state index is -0.736. The van der Waals surface area contributed by atoms with Crippen LogP contribution in [0.5, 0.6) is 0 Å². The summed E-state index contributed by atoms with van der Waals surface area (Å²) in [6.45, 7) is 12.0. The van der Waals surface area contributed by atoms with Gasteiger partial charge in [-0.05, 0) is 39.3 Å². The molecule has 2 rings (SSSR count). The predicted molar refractivity (Wildman–Crippen MR) is 134 cm³/mol. The van der Waals surface area contributed by atoms with Gasteiger partial charge in [0, 0.05) is 26.2 Å². The van der Waals surface area contributed by atoms with Crippen LogP contribution in [0.4, 0.5) is 4.79 Å². The predicted octanol–water partition coefficient (Wildman–Crippen LogP) is 5.54. The highest BCUT2D eigenvalue weighted by atomic mass is 16.6. The van der Waals surface area contributed by atoms with Gasteiger partial charge in [0.05, 0.1) is 0 Å². The van der Waals surface area contributed by atoms with Gasteiger partial charge in [0.1, 0.15) is 11.6 Å². The number of hydrogen-bond acceptors (Lipinski definition) is 4. The molecular formula is C27H45N3O3. The molecule has 2 amide bonds. The molecule has 1 aromatic rings. The molecule has 33 heavy (non-hydrogen) atoms. The zero-order valence-electron chi connectivity index (χ0n) is 21.3. The SMILES string of the molecule is CCCCCCCCCCN1CCN(C(=O)C(NC(=O)OC(C)(C)C)c2ccccc2)CC1. The summed E-state index contributed by atoms with van der Waals surface area (Å²) in [7, 11) is 0. The van der Waals surface area contributed by atoms with Gasteiger partial charge in [-0.25, -0.2) is 4.79 Å². The van der Waals surface area contributed by atoms with Crippen LogP contribution in [0, 0.1) is 0 Å². The number of carbonyl (C=O) groups is 2. The molecule has 1 aliphatic heterocycles. The van der Waals surface area contributed by atoms with E-state index in [2.05, 4.69) is 17.1 Å². The van der Waals surface area contributed by atoms with Crippen molar-refractivity contribution in [1.82, 2.24) is 15.1 Å². The van der Waals surface area contributed by atoms with Crippen molar-refractivity contribution in [3.63, 3.8) is 0 Å². The molecule has 1 heterocycles. The number of alkyl carbamates (subject to hydrolysis) is 1. The van der Waals surface area contributed by atoms with Crippen molar-refractivity contribution in [2.24, 2.45) is 0 Å². The second kappa shape index (κ2) is 14.2. The highest BCUT2D eigenvalue weighted by Crippen LogP contribution is 2.19. The van der Waals surface area contributed by atoms with Crippen molar-refractivity contribution in [3.8, 4) is 0 Å². The lowest BCUT2D eigenvalue weighted by Crippen LogP contribution is -2.52. The number of carbonyl (C=O) groups excluding carboxylic acids is 2. The molecular weight excluding hydrogens is 414 g/mol. The van der Waals surface area contributed by atoms with Gasteiger partial charge in [-0.15, -0.1) is 0 Å². The summed E-state index contributed by atoms with van der Waals surface area (Å²) in [5, 5.41) is 2.80. The van der Waals surface area contributed by atoms with Gasteiger partial charge >= 0.3 is 6.09 Å². The number of nitrogens with one attached hydrogen (secondary N) is 1. The Labute approximate surface area is 201 Å². The van der Waals surface area contributed by atoms with Crippen molar-refractivity contribution < 1.29 is 14.3 Å². The minimum Gasteiger partial charge on any atom is -0.444 e. The first kappa shape index (κ1) is 27.2. The quantitative estimate of drug-likeness (QED) is 0.417. The van der Waals surface area contributed by atoms with Gasteiger partial charge in [0.2, 0.25) is 5.91 Å². The number of hydrogen-bond donors (Lipinski definition) is 1. The van der Waals surface area contributed by atoms with Gasteiger partial charge < -0.3 is 15.0 Å². The minimum absolute atomic E-state index is 0.0706. The lowest BCUT2D eigenvalue weighted by atomic mass is 10.1. The number of ether oxygens (including phenoxy) is 1. The molecule has 6 nitrogen and oxygen atoms in total. The molecule has 186 valence electrons. The maximum Gasteiger partial charge on any atom is 0.408 e. The lowest BCUT2D eigenvalue weighted by molar-refractivity contribution is -0.135. The Morgan fingerprint density at radius 2 is 1.48 bits per heavy atom. The van der Waals surface area contributed by atoms with Crippen LogP contribution in [0.2, 0.25) is 0 Å². The summed E-state index contributed by atoms with van der Waals surface area (Å²) in [5.74, 6) is -0.0706. The second-order valence-corrected chi connectivity index (χ2v) is 10.1. The zero-order valence-corrected chi connectivity index (χ0v) is 21.3. The fourth-order valence-electron chi connectivity index (χ4n) is 4.20. The van der Waals surface area contributed by atoms with Crippen molar-refractivity contribution in [2.45, 2.75) is 90.7 Å². The van der Waals surface area contributed by atoms with Crippen LogP contribution in [-0.2, 0) is 9.53 Å². The smallest absolute Gasteiger partial charge is 0.408 e. The van der Waals surface area contributed by atoms with E-state index < -0.39 is 17.7 Å². The van der Waals surface area contributed by atoms with E-state index in [9.17, 15) is 9.59 Å². The Morgan fingerprint density at radius 1 is 0.909 bits per heavy atom. The van der Waals surface area contributed by atoms with E-state index >= 15 is 0 Å². The van der Waals surface area contributed by atoms with Crippen molar-refractivity contribution in [1.29, 1.82) is 0 Å². The summed E-state index contributed by atoms with van der Waals surface area (Å²) in [6, 6.07) is 8.68. The van der Waals surface area contributed by atoms with Crippen LogP contribution in [-0.4, -0.2) is 60.1 Å². The molecule has 1 fully saturated rings. The van der Waals surface area contributed by atoms with E-state index in [4.69, 9.17) is 4.74 Å². The van der Waals surface area contributed by atoms with Crippen molar-refractivity contribution in [2.75, 3.05) is 32.7 Å². The molecule has 0 spiro atoms. The molecule has 1 aromatic carbocycles. The van der Waals surface area contributed by atoms with Gasteiger partial charge in [-0.2, -0.15) is 0 Å². The Balaban J connectivity index is 1.80. The molecule has 0 aromatic heterocycles. The maximum absolute atomic E-state index is 13.4. The van der Waals surface area contributed by atoms with Crippen molar-refractivity contribution in [3.05, 3.63) is 35.9 Å². The van der Waals surface area contributed by atoms with Crippen LogP contribution in [0.3, 0.4) is 0 Å². The van der Waals surface area contributed by atoms with E-state index in [1.807, 2.05) is 56.0 Å². The van der Waals surface area contributed by atoms with E-state index in [0.29, 0.717) is 13.1 Å². The average Bonchev–Trinajstić information content (AvgIpc) is 2.78. The number of nitrogens with zero attached hydrogens (tertiary/aromatic N) is 2.